The highest BCUT2D eigenvalue weighted by Gasteiger charge is 2.25. The van der Waals surface area contributed by atoms with Crippen LogP contribution in [0.15, 0.2) is 24.3 Å². The lowest BCUT2D eigenvalue weighted by Crippen LogP contribution is -2.40. The third-order valence-corrected chi connectivity index (χ3v) is 2.59. The fraction of sp³-hybridized carbons (Fsp3) is 0.455. The number of carbonyl (C=O) groups is 2. The summed E-state index contributed by atoms with van der Waals surface area (Å²) in [4.78, 5) is 21.7. The Morgan fingerprint density at radius 3 is 2.41 bits per heavy atom. The van der Waals surface area contributed by atoms with Gasteiger partial charge in [0.25, 0.3) is 0 Å². The third-order valence-electron chi connectivity index (χ3n) is 2.34. The highest BCUT2D eigenvalue weighted by Crippen LogP contribution is 2.24. The number of nitrogens with one attached hydrogen (secondary N) is 1. The Kier molecular flexibility index (Phi) is 4.31. The average molecular weight is 260 g/mol. The van der Waals surface area contributed by atoms with Crippen LogP contribution in [0.4, 0.5) is 0 Å². The van der Waals surface area contributed by atoms with Crippen LogP contribution in [-0.2, 0) is 9.59 Å². The number of allylic oxidation sites excluding steroid dienone is 2. The molecule has 0 aliphatic heterocycles. The molecule has 1 unspecified atom stereocenters. The summed E-state index contributed by atoms with van der Waals surface area (Å²) in [6.45, 7) is 1.26. The van der Waals surface area contributed by atoms with Crippen molar-refractivity contribution >= 4 is 23.5 Å². The molecular weight excluding hydrogens is 246 g/mol. The molecule has 0 aromatic rings. The van der Waals surface area contributed by atoms with Crippen LogP contribution >= 0.6 is 11.6 Å². The van der Waals surface area contributed by atoms with Gasteiger partial charge in [-0.3, -0.25) is 4.79 Å². The fourth-order valence-corrected chi connectivity index (χ4v) is 1.68. The van der Waals surface area contributed by atoms with Crippen molar-refractivity contribution in [2.75, 3.05) is 0 Å². The fourth-order valence-electron chi connectivity index (χ4n) is 1.53. The largest absolute Gasteiger partial charge is 0.480 e. The second kappa shape index (κ2) is 5.33. The Morgan fingerprint density at radius 2 is 2.00 bits per heavy atom. The van der Waals surface area contributed by atoms with E-state index in [1.54, 1.807) is 12.2 Å². The van der Waals surface area contributed by atoms with Crippen molar-refractivity contribution in [3.8, 4) is 0 Å². The van der Waals surface area contributed by atoms with Crippen LogP contribution < -0.4 is 5.32 Å². The molecule has 0 saturated carbocycles. The highest BCUT2D eigenvalue weighted by molar-refractivity contribution is 6.25. The molecule has 1 atom stereocenters. The highest BCUT2D eigenvalue weighted by atomic mass is 35.5. The molecule has 1 aliphatic carbocycles. The van der Waals surface area contributed by atoms with Crippen molar-refractivity contribution in [1.29, 1.82) is 0 Å². The van der Waals surface area contributed by atoms with E-state index in [1.807, 2.05) is 0 Å². The zero-order valence-corrected chi connectivity index (χ0v) is 10.0. The summed E-state index contributed by atoms with van der Waals surface area (Å²) in [5.41, 5.74) is 0. The van der Waals surface area contributed by atoms with Crippen LogP contribution in [0, 0.1) is 5.92 Å². The second-order valence-corrected chi connectivity index (χ2v) is 4.54. The number of carboxylic acid groups (broad SMARTS) is 1. The summed E-state index contributed by atoms with van der Waals surface area (Å²) in [6.07, 6.45) is 6.21. The number of rotatable bonds is 4. The number of aliphatic carboxylic acids is 1. The normalized spacial score (nSPS) is 28.8. The number of hydrogen-bond donors (Lipinski definition) is 3. The summed E-state index contributed by atoms with van der Waals surface area (Å²) >= 11 is 5.62. The first kappa shape index (κ1) is 13.7. The molecule has 3 N–H and O–H groups in total. The first-order valence-electron chi connectivity index (χ1n) is 5.10. The standard InChI is InChI=1S/C11H14ClNO4/c1-7(14)13-9(10(15)16)6-8-2-4-11(12,17)5-3-8/h2-5,8-9,17H,6H2,1H3,(H,13,14)(H,15,16). The zero-order chi connectivity index (χ0) is 13.1. The first-order valence-corrected chi connectivity index (χ1v) is 5.48. The van der Waals surface area contributed by atoms with Crippen LogP contribution in [-0.4, -0.2) is 33.2 Å². The van der Waals surface area contributed by atoms with E-state index >= 15 is 0 Å². The summed E-state index contributed by atoms with van der Waals surface area (Å²) < 4.78 is 0. The van der Waals surface area contributed by atoms with Crippen molar-refractivity contribution in [2.45, 2.75) is 24.4 Å². The molecular formula is C11H14ClNO4. The summed E-state index contributed by atoms with van der Waals surface area (Å²) in [5, 5.41) is 19.2. The lowest BCUT2D eigenvalue weighted by Gasteiger charge is -2.21. The first-order chi connectivity index (χ1) is 7.80. The number of carbonyl (C=O) groups excluding carboxylic acids is 1. The molecule has 1 rings (SSSR count). The van der Waals surface area contributed by atoms with Crippen LogP contribution in [0.3, 0.4) is 0 Å². The van der Waals surface area contributed by atoms with Gasteiger partial charge in [0.05, 0.1) is 0 Å². The van der Waals surface area contributed by atoms with E-state index in [-0.39, 0.29) is 12.3 Å². The maximum Gasteiger partial charge on any atom is 0.326 e. The smallest absolute Gasteiger partial charge is 0.326 e. The monoisotopic (exact) mass is 259 g/mol. The Morgan fingerprint density at radius 1 is 1.47 bits per heavy atom. The van der Waals surface area contributed by atoms with Crippen molar-refractivity contribution < 1.29 is 19.8 Å². The molecule has 17 heavy (non-hydrogen) atoms. The van der Waals surface area contributed by atoms with Crippen LogP contribution in [0.25, 0.3) is 0 Å². The van der Waals surface area contributed by atoms with Gasteiger partial charge in [0.1, 0.15) is 6.04 Å². The van der Waals surface area contributed by atoms with Crippen molar-refractivity contribution in [1.82, 2.24) is 5.32 Å². The molecule has 0 heterocycles. The van der Waals surface area contributed by atoms with Gasteiger partial charge in [-0.25, -0.2) is 4.79 Å². The lowest BCUT2D eigenvalue weighted by molar-refractivity contribution is -0.141. The number of amides is 1. The Balaban J connectivity index is 2.61. The predicted octanol–water partition coefficient (Wildman–Crippen LogP) is 0.635. The SMILES string of the molecule is CC(=O)NC(CC1C=CC(O)(Cl)C=C1)C(=O)O. The van der Waals surface area contributed by atoms with E-state index in [0.717, 1.165) is 0 Å². The maximum atomic E-state index is 10.9. The van der Waals surface area contributed by atoms with E-state index in [0.29, 0.717) is 0 Å². The number of halogens is 1. The Bertz CT molecular complexity index is 360. The van der Waals surface area contributed by atoms with Crippen molar-refractivity contribution in [3.05, 3.63) is 24.3 Å². The Labute approximate surface area is 104 Å². The lowest BCUT2D eigenvalue weighted by atomic mass is 9.94. The average Bonchev–Trinajstić information content (AvgIpc) is 2.19. The molecule has 0 fully saturated rings. The molecule has 94 valence electrons. The van der Waals surface area contributed by atoms with E-state index in [2.05, 4.69) is 5.32 Å². The Hall–Kier alpha value is -1.33. The van der Waals surface area contributed by atoms with Gasteiger partial charge in [-0.05, 0) is 24.5 Å². The molecule has 1 amide bonds. The summed E-state index contributed by atoms with van der Waals surface area (Å²) in [7, 11) is 0. The molecule has 0 aromatic carbocycles. The van der Waals surface area contributed by atoms with Crippen LogP contribution in [0.5, 0.6) is 0 Å². The molecule has 0 saturated heterocycles. The van der Waals surface area contributed by atoms with Crippen LogP contribution in [0.2, 0.25) is 0 Å². The number of hydrogen-bond acceptors (Lipinski definition) is 3. The maximum absolute atomic E-state index is 10.9. The van der Waals surface area contributed by atoms with Crippen molar-refractivity contribution in [2.24, 2.45) is 5.92 Å². The van der Waals surface area contributed by atoms with Gasteiger partial charge in [0.2, 0.25) is 5.91 Å². The molecule has 0 bridgehead atoms. The number of alkyl halides is 1. The molecule has 0 spiro atoms. The van der Waals surface area contributed by atoms with Crippen LogP contribution in [0.1, 0.15) is 13.3 Å². The molecule has 0 aromatic heterocycles. The molecule has 6 heteroatoms. The van der Waals surface area contributed by atoms with E-state index in [4.69, 9.17) is 16.7 Å². The minimum Gasteiger partial charge on any atom is -0.480 e. The minimum atomic E-state index is -1.50. The summed E-state index contributed by atoms with van der Waals surface area (Å²) in [6, 6.07) is -0.951. The van der Waals surface area contributed by atoms with E-state index < -0.39 is 23.0 Å². The molecule has 1 aliphatic rings. The topological polar surface area (TPSA) is 86.6 Å². The zero-order valence-electron chi connectivity index (χ0n) is 9.26. The summed E-state index contributed by atoms with van der Waals surface area (Å²) in [5.74, 6) is -1.66. The molecule has 5 nitrogen and oxygen atoms in total. The second-order valence-electron chi connectivity index (χ2n) is 3.94. The van der Waals surface area contributed by atoms with Gasteiger partial charge < -0.3 is 15.5 Å². The van der Waals surface area contributed by atoms with E-state index in [9.17, 15) is 14.7 Å². The third kappa shape index (κ3) is 4.58. The minimum absolute atomic E-state index is 0.179. The van der Waals surface area contributed by atoms with Gasteiger partial charge in [-0.2, -0.15) is 0 Å². The van der Waals surface area contributed by atoms with Crippen molar-refractivity contribution in [3.63, 3.8) is 0 Å². The number of carboxylic acids is 1. The van der Waals surface area contributed by atoms with E-state index in [1.165, 1.54) is 19.1 Å². The predicted molar refractivity (Wildman–Crippen MR) is 62.4 cm³/mol. The number of aliphatic hydroxyl groups is 1. The van der Waals surface area contributed by atoms with Gasteiger partial charge >= 0.3 is 5.97 Å². The van der Waals surface area contributed by atoms with Gasteiger partial charge in [-0.15, -0.1) is 0 Å². The molecule has 0 radical (unpaired) electrons. The van der Waals surface area contributed by atoms with Gasteiger partial charge in [-0.1, -0.05) is 23.8 Å². The van der Waals surface area contributed by atoms with Gasteiger partial charge in [0.15, 0.2) is 5.06 Å². The quantitative estimate of drug-likeness (QED) is 0.511. The van der Waals surface area contributed by atoms with Gasteiger partial charge in [0, 0.05) is 6.92 Å².